The highest BCUT2D eigenvalue weighted by molar-refractivity contribution is 6.38. The van der Waals surface area contributed by atoms with Crippen molar-refractivity contribution in [2.75, 3.05) is 0 Å². The van der Waals surface area contributed by atoms with Crippen LogP contribution >= 0.6 is 23.2 Å². The summed E-state index contributed by atoms with van der Waals surface area (Å²) in [5, 5.41) is 10.4. The van der Waals surface area contributed by atoms with Gasteiger partial charge in [-0.1, -0.05) is 23.2 Å². The fourth-order valence-electron chi connectivity index (χ4n) is 1.99. The summed E-state index contributed by atoms with van der Waals surface area (Å²) in [5.41, 5.74) is 1.65. The normalized spacial score (nSPS) is 10.9. The minimum Gasteiger partial charge on any atom is -0.478 e. The van der Waals surface area contributed by atoms with E-state index in [-0.39, 0.29) is 5.56 Å². The van der Waals surface area contributed by atoms with Crippen LogP contribution < -0.4 is 0 Å². The van der Waals surface area contributed by atoms with Crippen molar-refractivity contribution in [2.24, 2.45) is 0 Å². The lowest BCUT2D eigenvalue weighted by molar-refractivity contribution is 0.0699. The molecule has 2 heterocycles. The van der Waals surface area contributed by atoms with E-state index in [1.54, 1.807) is 12.1 Å². The van der Waals surface area contributed by atoms with Crippen molar-refractivity contribution in [3.05, 3.63) is 52.4 Å². The number of pyridine rings is 1. The zero-order chi connectivity index (χ0) is 14.3. The Morgan fingerprint density at radius 1 is 1.25 bits per heavy atom. The summed E-state index contributed by atoms with van der Waals surface area (Å²) in [7, 11) is 0. The number of furan rings is 1. The second-order valence-electron chi connectivity index (χ2n) is 4.16. The zero-order valence-electron chi connectivity index (χ0n) is 9.93. The van der Waals surface area contributed by atoms with Crippen LogP contribution in [0.5, 0.6) is 0 Å². The molecule has 4 nitrogen and oxygen atoms in total. The van der Waals surface area contributed by atoms with Gasteiger partial charge in [0.25, 0.3) is 0 Å². The maximum absolute atomic E-state index is 11.4. The minimum absolute atomic E-state index is 0.0931. The predicted octanol–water partition coefficient (Wildman–Crippen LogP) is 4.50. The lowest BCUT2D eigenvalue weighted by atomic mass is 10.1. The summed E-state index contributed by atoms with van der Waals surface area (Å²) in [4.78, 5) is 15.8. The molecule has 3 rings (SSSR count). The summed E-state index contributed by atoms with van der Waals surface area (Å²) < 4.78 is 4.99. The molecule has 3 aromatic rings. The highest BCUT2D eigenvalue weighted by Gasteiger charge is 2.16. The number of nitrogens with zero attached hydrogens (tertiary/aromatic N) is 1. The third-order valence-corrected chi connectivity index (χ3v) is 3.39. The summed E-state index contributed by atoms with van der Waals surface area (Å²) >= 11 is 12.0. The minimum atomic E-state index is -1.07. The van der Waals surface area contributed by atoms with E-state index in [0.29, 0.717) is 32.2 Å². The van der Waals surface area contributed by atoms with E-state index in [1.165, 1.54) is 24.7 Å². The number of carboxylic acid groups (broad SMARTS) is 1. The van der Waals surface area contributed by atoms with Crippen molar-refractivity contribution in [1.29, 1.82) is 0 Å². The largest absolute Gasteiger partial charge is 0.478 e. The van der Waals surface area contributed by atoms with Crippen LogP contribution in [0.3, 0.4) is 0 Å². The van der Waals surface area contributed by atoms with Crippen LogP contribution in [-0.2, 0) is 0 Å². The molecule has 0 spiro atoms. The van der Waals surface area contributed by atoms with Gasteiger partial charge in [-0.25, -0.2) is 9.78 Å². The molecule has 0 amide bonds. The second-order valence-corrected chi connectivity index (χ2v) is 5.00. The zero-order valence-corrected chi connectivity index (χ0v) is 11.4. The molecule has 20 heavy (non-hydrogen) atoms. The highest BCUT2D eigenvalue weighted by Crippen LogP contribution is 2.32. The summed E-state index contributed by atoms with van der Waals surface area (Å²) in [6, 6.07) is 6.24. The fraction of sp³-hybridized carbons (Fsp3) is 0. The lowest BCUT2D eigenvalue weighted by Crippen LogP contribution is -2.00. The van der Waals surface area contributed by atoms with Crippen molar-refractivity contribution in [1.82, 2.24) is 4.98 Å². The van der Waals surface area contributed by atoms with Crippen LogP contribution in [0.25, 0.3) is 22.2 Å². The van der Waals surface area contributed by atoms with Crippen molar-refractivity contribution in [3.63, 3.8) is 0 Å². The van der Waals surface area contributed by atoms with E-state index >= 15 is 0 Å². The molecule has 0 radical (unpaired) electrons. The first-order chi connectivity index (χ1) is 9.56. The summed E-state index contributed by atoms with van der Waals surface area (Å²) in [5.74, 6) is -1.07. The van der Waals surface area contributed by atoms with Gasteiger partial charge in [0.05, 0.1) is 34.3 Å². The molecule has 100 valence electrons. The van der Waals surface area contributed by atoms with Gasteiger partial charge < -0.3 is 9.52 Å². The van der Waals surface area contributed by atoms with Gasteiger partial charge in [-0.2, -0.15) is 0 Å². The molecule has 1 N–H and O–H groups in total. The van der Waals surface area contributed by atoms with E-state index in [4.69, 9.17) is 27.6 Å². The molecule has 0 fully saturated rings. The molecule has 0 atom stereocenters. The van der Waals surface area contributed by atoms with E-state index in [0.717, 1.165) is 0 Å². The molecule has 0 bridgehead atoms. The van der Waals surface area contributed by atoms with Crippen molar-refractivity contribution in [2.45, 2.75) is 0 Å². The number of rotatable bonds is 2. The van der Waals surface area contributed by atoms with Crippen LogP contribution in [0.2, 0.25) is 10.0 Å². The average Bonchev–Trinajstić information content (AvgIpc) is 2.91. The van der Waals surface area contributed by atoms with Crippen molar-refractivity contribution < 1.29 is 14.3 Å². The summed E-state index contributed by atoms with van der Waals surface area (Å²) in [6.45, 7) is 0. The average molecular weight is 308 g/mol. The predicted molar refractivity (Wildman–Crippen MR) is 76.4 cm³/mol. The first-order valence-corrected chi connectivity index (χ1v) is 6.37. The molecule has 2 aromatic heterocycles. The van der Waals surface area contributed by atoms with Gasteiger partial charge in [-0.15, -0.1) is 0 Å². The van der Waals surface area contributed by atoms with Gasteiger partial charge in [0.2, 0.25) is 0 Å². The quantitative estimate of drug-likeness (QED) is 0.757. The number of benzene rings is 1. The number of hydrogen-bond acceptors (Lipinski definition) is 3. The first kappa shape index (κ1) is 13.0. The van der Waals surface area contributed by atoms with E-state index in [1.807, 2.05) is 0 Å². The van der Waals surface area contributed by atoms with E-state index in [9.17, 15) is 9.90 Å². The van der Waals surface area contributed by atoms with Gasteiger partial charge in [0, 0.05) is 16.0 Å². The Balaban J connectivity index is 2.40. The van der Waals surface area contributed by atoms with Crippen LogP contribution in [0, 0.1) is 0 Å². The second kappa shape index (κ2) is 4.81. The van der Waals surface area contributed by atoms with Gasteiger partial charge in [0.15, 0.2) is 0 Å². The Hall–Kier alpha value is -2.04. The Labute approximate surface area is 123 Å². The molecule has 0 aliphatic rings. The number of fused-ring (bicyclic) bond motifs is 1. The SMILES string of the molecule is O=C(O)c1cc(-c2ccoc2)nc2c(Cl)cc(Cl)cc12. The maximum Gasteiger partial charge on any atom is 0.336 e. The van der Waals surface area contributed by atoms with Crippen LogP contribution in [0.1, 0.15) is 10.4 Å². The topological polar surface area (TPSA) is 63.3 Å². The number of carboxylic acids is 1. The molecule has 0 unspecified atom stereocenters. The Morgan fingerprint density at radius 3 is 2.70 bits per heavy atom. The van der Waals surface area contributed by atoms with E-state index < -0.39 is 5.97 Å². The van der Waals surface area contributed by atoms with Crippen molar-refractivity contribution in [3.8, 4) is 11.3 Å². The molecule has 6 heteroatoms. The Morgan fingerprint density at radius 2 is 2.05 bits per heavy atom. The molecule has 1 aromatic carbocycles. The highest BCUT2D eigenvalue weighted by atomic mass is 35.5. The fourth-order valence-corrected chi connectivity index (χ4v) is 2.52. The smallest absolute Gasteiger partial charge is 0.336 e. The Kier molecular flexibility index (Phi) is 3.12. The number of aromatic carboxylic acids is 1. The standard InChI is InChI=1S/C14H7Cl2NO3/c15-8-3-9-10(14(18)19)5-12(7-1-2-20-6-7)17-13(9)11(16)4-8/h1-6H,(H,18,19). The summed E-state index contributed by atoms with van der Waals surface area (Å²) in [6.07, 6.45) is 2.98. The number of carbonyl (C=O) groups is 1. The molecule has 0 saturated heterocycles. The third kappa shape index (κ3) is 2.13. The van der Waals surface area contributed by atoms with E-state index in [2.05, 4.69) is 4.98 Å². The lowest BCUT2D eigenvalue weighted by Gasteiger charge is -2.07. The molecule has 0 aliphatic heterocycles. The van der Waals surface area contributed by atoms with Crippen LogP contribution in [0.4, 0.5) is 0 Å². The van der Waals surface area contributed by atoms with Gasteiger partial charge >= 0.3 is 5.97 Å². The third-order valence-electron chi connectivity index (χ3n) is 2.88. The van der Waals surface area contributed by atoms with Crippen LogP contribution in [-0.4, -0.2) is 16.1 Å². The molecule has 0 aliphatic carbocycles. The number of aromatic nitrogens is 1. The number of hydrogen-bond donors (Lipinski definition) is 1. The monoisotopic (exact) mass is 307 g/mol. The number of halogens is 2. The molecule has 0 saturated carbocycles. The maximum atomic E-state index is 11.4. The molecular weight excluding hydrogens is 301 g/mol. The first-order valence-electron chi connectivity index (χ1n) is 5.62. The van der Waals surface area contributed by atoms with Crippen molar-refractivity contribution >= 4 is 40.1 Å². The molecular formula is C14H7Cl2NO3. The Bertz CT molecular complexity index is 813. The van der Waals surface area contributed by atoms with Gasteiger partial charge in [-0.3, -0.25) is 0 Å². The van der Waals surface area contributed by atoms with Crippen LogP contribution in [0.15, 0.2) is 41.2 Å². The van der Waals surface area contributed by atoms with Gasteiger partial charge in [-0.05, 0) is 24.3 Å². The van der Waals surface area contributed by atoms with Gasteiger partial charge in [0.1, 0.15) is 0 Å².